The van der Waals surface area contributed by atoms with Crippen LogP contribution in [0.15, 0.2) is 11.8 Å². The quantitative estimate of drug-likeness (QED) is 0.181. The van der Waals surface area contributed by atoms with E-state index in [1.165, 1.54) is 6.26 Å². The molecular weight excluding hydrogens is 484 g/mol. The van der Waals surface area contributed by atoms with E-state index in [0.717, 1.165) is 6.92 Å². The van der Waals surface area contributed by atoms with Crippen LogP contribution in [0.25, 0.3) is 0 Å². The third kappa shape index (κ3) is 5.68. The van der Waals surface area contributed by atoms with Gasteiger partial charge in [0, 0.05) is 12.8 Å². The normalized spacial score (nSPS) is 41.0. The molecule has 3 aliphatic rings. The van der Waals surface area contributed by atoms with Crippen molar-refractivity contribution in [1.29, 1.82) is 0 Å². The van der Waals surface area contributed by atoms with Crippen molar-refractivity contribution in [1.82, 2.24) is 0 Å². The molecule has 11 atom stereocenters. The summed E-state index contributed by atoms with van der Waals surface area (Å²) in [7, 11) is 0. The van der Waals surface area contributed by atoms with E-state index in [-0.39, 0.29) is 13.0 Å². The van der Waals surface area contributed by atoms with Gasteiger partial charge in [0.1, 0.15) is 36.6 Å². The van der Waals surface area contributed by atoms with Crippen LogP contribution in [0.1, 0.15) is 33.6 Å². The van der Waals surface area contributed by atoms with E-state index >= 15 is 0 Å². The Morgan fingerprint density at radius 3 is 2.47 bits per heavy atom. The van der Waals surface area contributed by atoms with Crippen LogP contribution in [0.3, 0.4) is 0 Å². The van der Waals surface area contributed by atoms with E-state index in [2.05, 4.69) is 0 Å². The molecule has 1 aliphatic carbocycles. The summed E-state index contributed by atoms with van der Waals surface area (Å²) >= 11 is 0. The highest BCUT2D eigenvalue weighted by Crippen LogP contribution is 2.49. The molecule has 2 fully saturated rings. The largest absolute Gasteiger partial charge is 0.463 e. The van der Waals surface area contributed by atoms with Crippen LogP contribution in [0.2, 0.25) is 0 Å². The summed E-state index contributed by atoms with van der Waals surface area (Å²) in [6.07, 6.45) is -8.26. The lowest BCUT2D eigenvalue weighted by Crippen LogP contribution is -2.59. The molecule has 36 heavy (non-hydrogen) atoms. The van der Waals surface area contributed by atoms with Crippen molar-refractivity contribution in [2.45, 2.75) is 82.3 Å². The van der Waals surface area contributed by atoms with Gasteiger partial charge < -0.3 is 54.3 Å². The van der Waals surface area contributed by atoms with Crippen molar-refractivity contribution in [3.63, 3.8) is 0 Å². The number of rotatable bonds is 9. The number of carbonyl (C=O) groups is 2. The Morgan fingerprint density at radius 2 is 1.86 bits per heavy atom. The molecule has 1 unspecified atom stereocenters. The second-order valence-electron chi connectivity index (χ2n) is 9.61. The molecule has 206 valence electrons. The van der Waals surface area contributed by atoms with E-state index in [1.807, 2.05) is 0 Å². The van der Waals surface area contributed by atoms with Gasteiger partial charge in [-0.1, -0.05) is 13.8 Å². The summed E-state index contributed by atoms with van der Waals surface area (Å²) in [5.41, 5.74) is -1.59. The number of aliphatic hydroxyl groups is 6. The predicted molar refractivity (Wildman–Crippen MR) is 117 cm³/mol. The minimum atomic E-state index is -2.00. The summed E-state index contributed by atoms with van der Waals surface area (Å²) in [4.78, 5) is 23.9. The molecule has 6 N–H and O–H groups in total. The smallest absolute Gasteiger partial charge is 0.311 e. The van der Waals surface area contributed by atoms with Gasteiger partial charge in [0.15, 0.2) is 6.29 Å². The summed E-state index contributed by atoms with van der Waals surface area (Å²) in [6.45, 7) is 3.19. The van der Waals surface area contributed by atoms with Crippen LogP contribution in [0.5, 0.6) is 0 Å². The highest BCUT2D eigenvalue weighted by atomic mass is 16.7. The number of carbonyl (C=O) groups excluding carboxylic acids is 2. The van der Waals surface area contributed by atoms with E-state index in [4.69, 9.17) is 23.7 Å². The lowest BCUT2D eigenvalue weighted by atomic mass is 9.80. The first-order valence-electron chi connectivity index (χ1n) is 11.9. The predicted octanol–water partition coefficient (Wildman–Crippen LogP) is -2.08. The van der Waals surface area contributed by atoms with Crippen LogP contribution >= 0.6 is 0 Å². The van der Waals surface area contributed by atoms with E-state index in [1.54, 1.807) is 13.8 Å². The highest BCUT2D eigenvalue weighted by Gasteiger charge is 2.61. The summed E-state index contributed by atoms with van der Waals surface area (Å²) in [5, 5.41) is 61.6. The zero-order valence-electron chi connectivity index (χ0n) is 20.4. The van der Waals surface area contributed by atoms with Crippen molar-refractivity contribution < 1.29 is 63.9 Å². The van der Waals surface area contributed by atoms with Gasteiger partial charge in [-0.05, 0) is 18.4 Å². The molecule has 2 aliphatic heterocycles. The molecule has 0 aromatic heterocycles. The van der Waals surface area contributed by atoms with Gasteiger partial charge in [0.2, 0.25) is 6.29 Å². The lowest BCUT2D eigenvalue weighted by Gasteiger charge is -2.41. The first kappa shape index (κ1) is 28.7. The lowest BCUT2D eigenvalue weighted by molar-refractivity contribution is -0.299. The van der Waals surface area contributed by atoms with Gasteiger partial charge in [0.25, 0.3) is 0 Å². The maximum absolute atomic E-state index is 12.5. The standard InChI is InChI=1S/C23H36O13/c1-4-10(2)20(30)36-21-16-13(5-15(26)23(16,31)9-34-11(3)25)12(7-32-21)8-33-22-19(29)18(28)17(27)14(6-24)35-22/h7,10,13-19,21-22,24,26-29,31H,4-6,8-9H2,1-3H3/t10?,13-,14-,15+,16-,17-,18+,19-,21+,22-,23-/m1/s1. The Hall–Kier alpha value is -1.84. The Morgan fingerprint density at radius 1 is 1.17 bits per heavy atom. The van der Waals surface area contributed by atoms with Gasteiger partial charge in [-0.15, -0.1) is 0 Å². The second kappa shape index (κ2) is 11.7. The maximum Gasteiger partial charge on any atom is 0.311 e. The number of hydrogen-bond acceptors (Lipinski definition) is 13. The molecule has 0 aromatic rings. The van der Waals surface area contributed by atoms with Crippen LogP contribution in [-0.2, 0) is 33.3 Å². The monoisotopic (exact) mass is 520 g/mol. The maximum atomic E-state index is 12.5. The Labute approximate surface area is 208 Å². The van der Waals surface area contributed by atoms with Crippen molar-refractivity contribution in [2.24, 2.45) is 17.8 Å². The Kier molecular flexibility index (Phi) is 9.33. The van der Waals surface area contributed by atoms with Crippen molar-refractivity contribution in [3.8, 4) is 0 Å². The SMILES string of the molecule is CCC(C)C(=O)O[C@@H]1OC=C(CO[C@@H]2O[C@H](CO)[C@@H](O)[C@H](O)[C@H]2O)[C@H]2C[C@H](O)[C@](O)(COC(C)=O)[C@@H]12. The zero-order valence-corrected chi connectivity index (χ0v) is 20.4. The molecule has 2 heterocycles. The average Bonchev–Trinajstić information content (AvgIpc) is 3.12. The van der Waals surface area contributed by atoms with Gasteiger partial charge in [-0.2, -0.15) is 0 Å². The second-order valence-corrected chi connectivity index (χ2v) is 9.61. The van der Waals surface area contributed by atoms with Crippen LogP contribution in [0.4, 0.5) is 0 Å². The molecular formula is C23H36O13. The molecule has 0 amide bonds. The van der Waals surface area contributed by atoms with Crippen molar-refractivity contribution >= 4 is 11.9 Å². The van der Waals surface area contributed by atoms with Crippen LogP contribution in [0, 0.1) is 17.8 Å². The number of ether oxygens (including phenoxy) is 5. The first-order chi connectivity index (χ1) is 16.9. The summed E-state index contributed by atoms with van der Waals surface area (Å²) < 4.78 is 27.1. The number of hydrogen-bond donors (Lipinski definition) is 6. The highest BCUT2D eigenvalue weighted by molar-refractivity contribution is 5.72. The third-order valence-corrected chi connectivity index (χ3v) is 7.20. The molecule has 0 radical (unpaired) electrons. The van der Waals surface area contributed by atoms with Crippen LogP contribution < -0.4 is 0 Å². The molecule has 13 nitrogen and oxygen atoms in total. The molecule has 3 rings (SSSR count). The van der Waals surface area contributed by atoms with Gasteiger partial charge in [-0.25, -0.2) is 0 Å². The zero-order chi connectivity index (χ0) is 26.8. The minimum absolute atomic E-state index is 0.00690. The third-order valence-electron chi connectivity index (χ3n) is 7.20. The Bertz CT molecular complexity index is 816. The van der Waals surface area contributed by atoms with Gasteiger partial charge in [-0.3, -0.25) is 9.59 Å². The molecule has 13 heteroatoms. The molecule has 0 spiro atoms. The fraction of sp³-hybridized carbons (Fsp3) is 0.826. The first-order valence-corrected chi connectivity index (χ1v) is 11.9. The number of esters is 2. The summed E-state index contributed by atoms with van der Waals surface area (Å²) in [6, 6.07) is 0. The molecule has 1 saturated carbocycles. The van der Waals surface area contributed by atoms with E-state index in [9.17, 15) is 40.2 Å². The molecule has 0 aromatic carbocycles. The summed E-state index contributed by atoms with van der Waals surface area (Å²) in [5.74, 6) is -3.36. The molecule has 1 saturated heterocycles. The minimum Gasteiger partial charge on any atom is -0.463 e. The van der Waals surface area contributed by atoms with Gasteiger partial charge in [0.05, 0.1) is 37.4 Å². The van der Waals surface area contributed by atoms with E-state index in [0.29, 0.717) is 12.0 Å². The van der Waals surface area contributed by atoms with Crippen LogP contribution in [-0.4, -0.2) is 111 Å². The molecule has 0 bridgehead atoms. The fourth-order valence-corrected chi connectivity index (χ4v) is 4.73. The number of aliphatic hydroxyl groups excluding tert-OH is 5. The average molecular weight is 521 g/mol. The van der Waals surface area contributed by atoms with Gasteiger partial charge >= 0.3 is 11.9 Å². The number of fused-ring (bicyclic) bond motifs is 1. The van der Waals surface area contributed by atoms with Crippen molar-refractivity contribution in [3.05, 3.63) is 11.8 Å². The topological polar surface area (TPSA) is 202 Å². The van der Waals surface area contributed by atoms with E-state index < -0.39 is 91.6 Å². The fourth-order valence-electron chi connectivity index (χ4n) is 4.73. The Balaban J connectivity index is 1.81. The van der Waals surface area contributed by atoms with Crippen molar-refractivity contribution in [2.75, 3.05) is 19.8 Å².